The van der Waals surface area contributed by atoms with Crippen molar-refractivity contribution in [2.24, 2.45) is 0 Å². The highest BCUT2D eigenvalue weighted by Crippen LogP contribution is 2.21. The molecule has 0 saturated carbocycles. The van der Waals surface area contributed by atoms with Crippen LogP contribution in [-0.2, 0) is 4.74 Å². The molecule has 0 radical (unpaired) electrons. The van der Waals surface area contributed by atoms with Crippen LogP contribution in [-0.4, -0.2) is 30.2 Å². The largest absolute Gasteiger partial charge is 0.488 e. The third-order valence-corrected chi connectivity index (χ3v) is 4.12. The average molecular weight is 322 g/mol. The lowest BCUT2D eigenvalue weighted by atomic mass is 10.1. The van der Waals surface area contributed by atoms with Gasteiger partial charge in [-0.2, -0.15) is 0 Å². The predicted molar refractivity (Wildman–Crippen MR) is 92.5 cm³/mol. The van der Waals surface area contributed by atoms with Gasteiger partial charge in [-0.15, -0.1) is 0 Å². The van der Waals surface area contributed by atoms with E-state index in [0.29, 0.717) is 12.2 Å². The van der Waals surface area contributed by atoms with Gasteiger partial charge in [-0.05, 0) is 47.9 Å². The van der Waals surface area contributed by atoms with Gasteiger partial charge in [-0.25, -0.2) is 0 Å². The molecule has 1 fully saturated rings. The number of fused-ring (bicyclic) bond motifs is 1. The van der Waals surface area contributed by atoms with E-state index in [-0.39, 0.29) is 12.0 Å². The average Bonchev–Trinajstić information content (AvgIpc) is 3.27. The molecule has 2 heterocycles. The molecule has 1 aromatic heterocycles. The molecule has 24 heavy (non-hydrogen) atoms. The highest BCUT2D eigenvalue weighted by Gasteiger charge is 2.17. The van der Waals surface area contributed by atoms with Gasteiger partial charge >= 0.3 is 0 Å². The number of rotatable bonds is 4. The maximum atomic E-state index is 12.4. The third kappa shape index (κ3) is 3.12. The molecule has 1 atom stereocenters. The number of anilines is 1. The molecular formula is C19H18N2O3. The number of aromatic nitrogens is 1. The highest BCUT2D eigenvalue weighted by atomic mass is 16.5. The summed E-state index contributed by atoms with van der Waals surface area (Å²) < 4.78 is 11.1. The van der Waals surface area contributed by atoms with Crippen molar-refractivity contribution in [3.8, 4) is 5.75 Å². The molecule has 1 amide bonds. The molecule has 0 spiro atoms. The molecule has 5 nitrogen and oxygen atoms in total. The van der Waals surface area contributed by atoms with Crippen molar-refractivity contribution in [2.45, 2.75) is 12.5 Å². The number of carbonyl (C=O) groups excluding carboxylic acids is 1. The number of hydrogen-bond donors (Lipinski definition) is 2. The van der Waals surface area contributed by atoms with Gasteiger partial charge in [-0.3, -0.25) is 4.79 Å². The molecule has 122 valence electrons. The molecule has 2 N–H and O–H groups in total. The standard InChI is InChI=1S/C19H18N2O3/c22-19(14-2-1-13-7-9-20-18(13)11-14)21-15-3-5-16(6-4-15)24-17-8-10-23-12-17/h1-7,9,11,17,20H,8,10,12H2,(H,21,22)/t17-/m0/s1. The summed E-state index contributed by atoms with van der Waals surface area (Å²) >= 11 is 0. The molecule has 3 aromatic rings. The summed E-state index contributed by atoms with van der Waals surface area (Å²) in [5, 5.41) is 3.99. The molecule has 1 aliphatic rings. The Morgan fingerprint density at radius 3 is 2.83 bits per heavy atom. The maximum absolute atomic E-state index is 12.4. The van der Waals surface area contributed by atoms with Crippen LogP contribution in [0.4, 0.5) is 5.69 Å². The molecule has 1 saturated heterocycles. The SMILES string of the molecule is O=C(Nc1ccc(O[C@H]2CCOC2)cc1)c1ccc2cc[nH]c2c1. The van der Waals surface area contributed by atoms with Crippen molar-refractivity contribution in [2.75, 3.05) is 18.5 Å². The van der Waals surface area contributed by atoms with Crippen LogP contribution in [0.2, 0.25) is 0 Å². The van der Waals surface area contributed by atoms with E-state index in [1.165, 1.54) is 0 Å². The molecule has 0 bridgehead atoms. The van der Waals surface area contributed by atoms with Gasteiger partial charge in [0, 0.05) is 29.4 Å². The fourth-order valence-electron chi connectivity index (χ4n) is 2.81. The van der Waals surface area contributed by atoms with E-state index < -0.39 is 0 Å². The Bertz CT molecular complexity index is 848. The fraction of sp³-hybridized carbons (Fsp3) is 0.211. The fourth-order valence-corrected chi connectivity index (χ4v) is 2.81. The van der Waals surface area contributed by atoms with E-state index in [0.717, 1.165) is 35.4 Å². The highest BCUT2D eigenvalue weighted by molar-refractivity contribution is 6.06. The van der Waals surface area contributed by atoms with Gasteiger partial charge in [0.2, 0.25) is 0 Å². The third-order valence-electron chi connectivity index (χ3n) is 4.12. The zero-order chi connectivity index (χ0) is 16.4. The maximum Gasteiger partial charge on any atom is 0.255 e. The monoisotopic (exact) mass is 322 g/mol. The number of H-pyrrole nitrogens is 1. The summed E-state index contributed by atoms with van der Waals surface area (Å²) in [6, 6.07) is 15.0. The van der Waals surface area contributed by atoms with Crippen molar-refractivity contribution < 1.29 is 14.3 Å². The minimum Gasteiger partial charge on any atom is -0.488 e. The lowest BCUT2D eigenvalue weighted by molar-refractivity contribution is 0.102. The van der Waals surface area contributed by atoms with Gasteiger partial charge in [0.05, 0.1) is 13.2 Å². The Morgan fingerprint density at radius 1 is 1.17 bits per heavy atom. The number of amides is 1. The minimum atomic E-state index is -0.135. The van der Waals surface area contributed by atoms with Crippen LogP contribution in [0.5, 0.6) is 5.75 Å². The van der Waals surface area contributed by atoms with Crippen LogP contribution in [0.25, 0.3) is 10.9 Å². The van der Waals surface area contributed by atoms with E-state index >= 15 is 0 Å². The van der Waals surface area contributed by atoms with Crippen LogP contribution >= 0.6 is 0 Å². The zero-order valence-corrected chi connectivity index (χ0v) is 13.1. The van der Waals surface area contributed by atoms with E-state index in [1.54, 1.807) is 0 Å². The lowest BCUT2D eigenvalue weighted by Gasteiger charge is -2.12. The smallest absolute Gasteiger partial charge is 0.255 e. The molecule has 0 unspecified atom stereocenters. The zero-order valence-electron chi connectivity index (χ0n) is 13.1. The summed E-state index contributed by atoms with van der Waals surface area (Å²) in [5.41, 5.74) is 2.31. The lowest BCUT2D eigenvalue weighted by Crippen LogP contribution is -2.15. The number of nitrogens with one attached hydrogen (secondary N) is 2. The molecule has 1 aliphatic heterocycles. The van der Waals surface area contributed by atoms with E-state index in [2.05, 4.69) is 10.3 Å². The second-order valence-electron chi connectivity index (χ2n) is 5.86. The quantitative estimate of drug-likeness (QED) is 0.771. The Labute approximate surface area is 139 Å². The van der Waals surface area contributed by atoms with Crippen molar-refractivity contribution >= 4 is 22.5 Å². The summed E-state index contributed by atoms with van der Waals surface area (Å²) in [6.45, 7) is 1.39. The first kappa shape index (κ1) is 14.8. The first-order valence-electron chi connectivity index (χ1n) is 8.01. The topological polar surface area (TPSA) is 63.4 Å². The van der Waals surface area contributed by atoms with Crippen molar-refractivity contribution in [1.29, 1.82) is 0 Å². The first-order valence-corrected chi connectivity index (χ1v) is 8.01. The molecular weight excluding hydrogens is 304 g/mol. The number of carbonyl (C=O) groups is 1. The second kappa shape index (κ2) is 6.37. The Hall–Kier alpha value is -2.79. The molecule has 0 aliphatic carbocycles. The predicted octanol–water partition coefficient (Wildman–Crippen LogP) is 3.59. The second-order valence-corrected chi connectivity index (χ2v) is 5.86. The van der Waals surface area contributed by atoms with Crippen molar-refractivity contribution in [1.82, 2.24) is 4.98 Å². The summed E-state index contributed by atoms with van der Waals surface area (Å²) in [6.07, 6.45) is 2.90. The summed E-state index contributed by atoms with van der Waals surface area (Å²) in [5.74, 6) is 0.653. The Morgan fingerprint density at radius 2 is 2.04 bits per heavy atom. The first-order chi connectivity index (χ1) is 11.8. The normalized spacial score (nSPS) is 17.1. The Balaban J connectivity index is 1.43. The van der Waals surface area contributed by atoms with E-state index in [9.17, 15) is 4.79 Å². The van der Waals surface area contributed by atoms with E-state index in [1.807, 2.05) is 54.7 Å². The van der Waals surface area contributed by atoms with Crippen LogP contribution in [0, 0.1) is 0 Å². The van der Waals surface area contributed by atoms with Crippen LogP contribution in [0.3, 0.4) is 0 Å². The number of ether oxygens (including phenoxy) is 2. The van der Waals surface area contributed by atoms with E-state index in [4.69, 9.17) is 9.47 Å². The van der Waals surface area contributed by atoms with Crippen LogP contribution in [0.15, 0.2) is 54.7 Å². The van der Waals surface area contributed by atoms with Gasteiger partial charge in [0.15, 0.2) is 0 Å². The number of benzene rings is 2. The van der Waals surface area contributed by atoms with Crippen LogP contribution < -0.4 is 10.1 Å². The molecule has 2 aromatic carbocycles. The minimum absolute atomic E-state index is 0.123. The summed E-state index contributed by atoms with van der Waals surface area (Å²) in [4.78, 5) is 15.5. The van der Waals surface area contributed by atoms with Gasteiger partial charge in [-0.1, -0.05) is 6.07 Å². The number of aromatic amines is 1. The molecule has 4 rings (SSSR count). The van der Waals surface area contributed by atoms with Gasteiger partial charge in [0.25, 0.3) is 5.91 Å². The van der Waals surface area contributed by atoms with Crippen molar-refractivity contribution in [3.63, 3.8) is 0 Å². The summed E-state index contributed by atoms with van der Waals surface area (Å²) in [7, 11) is 0. The van der Waals surface area contributed by atoms with Gasteiger partial charge in [0.1, 0.15) is 11.9 Å². The number of hydrogen-bond acceptors (Lipinski definition) is 3. The van der Waals surface area contributed by atoms with Crippen LogP contribution in [0.1, 0.15) is 16.8 Å². The van der Waals surface area contributed by atoms with Gasteiger partial charge < -0.3 is 19.8 Å². The molecule has 5 heteroatoms. The van der Waals surface area contributed by atoms with Crippen molar-refractivity contribution in [3.05, 3.63) is 60.3 Å². The Kier molecular flexibility index (Phi) is 3.92.